The summed E-state index contributed by atoms with van der Waals surface area (Å²) in [4.78, 5) is 13.3. The van der Waals surface area contributed by atoms with Crippen molar-refractivity contribution >= 4 is 5.52 Å². The van der Waals surface area contributed by atoms with Gasteiger partial charge in [-0.3, -0.25) is 9.36 Å². The van der Waals surface area contributed by atoms with E-state index in [9.17, 15) is 4.79 Å². The topological polar surface area (TPSA) is 48.5 Å². The van der Waals surface area contributed by atoms with Gasteiger partial charge in [-0.2, -0.15) is 0 Å². The molecule has 3 aromatic rings. The van der Waals surface area contributed by atoms with Gasteiger partial charge in [0.1, 0.15) is 11.3 Å². The molecule has 138 valence electrons. The maximum atomic E-state index is 13.3. The first-order valence-electron chi connectivity index (χ1n) is 9.17. The number of hydrogen-bond donors (Lipinski definition) is 0. The van der Waals surface area contributed by atoms with Crippen molar-refractivity contribution in [3.8, 4) is 17.1 Å². The van der Waals surface area contributed by atoms with Gasteiger partial charge < -0.3 is 4.74 Å². The number of fused-ring (bicyclic) bond motifs is 1. The highest BCUT2D eigenvalue weighted by Crippen LogP contribution is 2.32. The van der Waals surface area contributed by atoms with Crippen molar-refractivity contribution in [1.29, 1.82) is 0 Å². The van der Waals surface area contributed by atoms with Crippen molar-refractivity contribution in [3.63, 3.8) is 0 Å². The van der Waals surface area contributed by atoms with Gasteiger partial charge in [0, 0.05) is 12.7 Å². The Labute approximate surface area is 154 Å². The molecule has 2 heterocycles. The summed E-state index contributed by atoms with van der Waals surface area (Å²) in [5, 5.41) is 4.85. The van der Waals surface area contributed by atoms with Crippen molar-refractivity contribution in [3.05, 3.63) is 51.4 Å². The summed E-state index contributed by atoms with van der Waals surface area (Å²) < 4.78 is 8.98. The van der Waals surface area contributed by atoms with Crippen LogP contribution in [0.25, 0.3) is 16.9 Å². The summed E-state index contributed by atoms with van der Waals surface area (Å²) in [7, 11) is 3.43. The van der Waals surface area contributed by atoms with Gasteiger partial charge in [-0.15, -0.1) is 5.10 Å². The lowest BCUT2D eigenvalue weighted by atomic mass is 9.95. The monoisotopic (exact) mass is 353 g/mol. The lowest BCUT2D eigenvalue weighted by molar-refractivity contribution is 0.415. The van der Waals surface area contributed by atoms with Crippen LogP contribution < -0.4 is 10.3 Å². The molecule has 5 nitrogen and oxygen atoms in total. The molecule has 0 spiro atoms. The number of benzene rings is 1. The molecule has 0 unspecified atom stereocenters. The average molecular weight is 353 g/mol. The van der Waals surface area contributed by atoms with Crippen molar-refractivity contribution in [2.24, 2.45) is 7.05 Å². The highest BCUT2D eigenvalue weighted by atomic mass is 16.5. The Kier molecular flexibility index (Phi) is 4.90. The first-order chi connectivity index (χ1) is 12.4. The number of nitrogens with zero attached hydrogens (tertiary/aromatic N) is 3. The Bertz CT molecular complexity index is 1010. The molecular formula is C21H27N3O2. The highest BCUT2D eigenvalue weighted by molar-refractivity contribution is 5.70. The molecule has 1 aromatic carbocycles. The van der Waals surface area contributed by atoms with Gasteiger partial charge in [-0.1, -0.05) is 26.0 Å². The fourth-order valence-electron chi connectivity index (χ4n) is 3.77. The normalized spacial score (nSPS) is 11.5. The van der Waals surface area contributed by atoms with Crippen LogP contribution in [0.3, 0.4) is 0 Å². The number of ether oxygens (including phenoxy) is 1. The van der Waals surface area contributed by atoms with E-state index in [4.69, 9.17) is 9.84 Å². The Morgan fingerprint density at radius 2 is 1.88 bits per heavy atom. The van der Waals surface area contributed by atoms with E-state index in [1.807, 2.05) is 32.0 Å². The van der Waals surface area contributed by atoms with Crippen LogP contribution in [-0.4, -0.2) is 21.3 Å². The van der Waals surface area contributed by atoms with Gasteiger partial charge in [-0.25, -0.2) is 4.52 Å². The van der Waals surface area contributed by atoms with Crippen LogP contribution in [0.2, 0.25) is 0 Å². The number of methoxy groups -OCH3 is 1. The van der Waals surface area contributed by atoms with Crippen LogP contribution in [0.5, 0.6) is 5.75 Å². The first kappa shape index (κ1) is 18.2. The van der Waals surface area contributed by atoms with Gasteiger partial charge in [-0.05, 0) is 55.9 Å². The molecule has 0 N–H and O–H groups in total. The molecule has 5 heteroatoms. The molecule has 0 radical (unpaired) electrons. The van der Waals surface area contributed by atoms with E-state index in [0.29, 0.717) is 17.3 Å². The third-order valence-electron chi connectivity index (χ3n) is 5.31. The van der Waals surface area contributed by atoms with Crippen LogP contribution in [0.15, 0.2) is 29.1 Å². The number of hydrogen-bond acceptors (Lipinski definition) is 3. The zero-order valence-electron chi connectivity index (χ0n) is 16.5. The minimum atomic E-state index is -0.0182. The molecule has 0 saturated carbocycles. The summed E-state index contributed by atoms with van der Waals surface area (Å²) in [6.07, 6.45) is 2.01. The van der Waals surface area contributed by atoms with Crippen molar-refractivity contribution in [1.82, 2.24) is 14.2 Å². The SMILES string of the molecule is CCC(CC)c1cc(C)n2nc(-c3c(C)cccc3OC)n(C)c(=O)c12. The third kappa shape index (κ3) is 2.71. The predicted octanol–water partition coefficient (Wildman–Crippen LogP) is 4.23. The van der Waals surface area contributed by atoms with Crippen molar-refractivity contribution < 1.29 is 4.74 Å². The maximum Gasteiger partial charge on any atom is 0.278 e. The molecule has 0 amide bonds. The van der Waals surface area contributed by atoms with Gasteiger partial charge in [0.2, 0.25) is 0 Å². The Morgan fingerprint density at radius 3 is 2.50 bits per heavy atom. The number of aryl methyl sites for hydroxylation is 2. The second-order valence-electron chi connectivity index (χ2n) is 6.85. The van der Waals surface area contributed by atoms with E-state index in [1.54, 1.807) is 23.2 Å². The molecule has 26 heavy (non-hydrogen) atoms. The molecule has 0 bridgehead atoms. The molecular weight excluding hydrogens is 326 g/mol. The fraction of sp³-hybridized carbons (Fsp3) is 0.429. The zero-order chi connectivity index (χ0) is 19.0. The van der Waals surface area contributed by atoms with Gasteiger partial charge >= 0.3 is 0 Å². The smallest absolute Gasteiger partial charge is 0.278 e. The second kappa shape index (κ2) is 6.98. The van der Waals surface area contributed by atoms with E-state index >= 15 is 0 Å². The van der Waals surface area contributed by atoms with Crippen LogP contribution in [0.1, 0.15) is 49.4 Å². The molecule has 0 saturated heterocycles. The van der Waals surface area contributed by atoms with Crippen LogP contribution in [-0.2, 0) is 7.05 Å². The van der Waals surface area contributed by atoms with E-state index in [2.05, 4.69) is 19.9 Å². The number of aromatic nitrogens is 3. The summed E-state index contributed by atoms with van der Waals surface area (Å²) in [6.45, 7) is 8.34. The Balaban J connectivity index is 2.38. The van der Waals surface area contributed by atoms with E-state index in [1.165, 1.54) is 0 Å². The predicted molar refractivity (Wildman–Crippen MR) is 105 cm³/mol. The first-order valence-corrected chi connectivity index (χ1v) is 9.17. The molecule has 0 atom stereocenters. The number of rotatable bonds is 5. The van der Waals surface area contributed by atoms with Gasteiger partial charge in [0.25, 0.3) is 5.56 Å². The standard InChI is InChI=1S/C21H27N3O2/c1-7-15(8-2)16-12-14(4)24-19(16)21(25)23(5)20(22-24)18-13(3)10-9-11-17(18)26-6/h9-12,15H,7-8H2,1-6H3. The largest absolute Gasteiger partial charge is 0.496 e. The highest BCUT2D eigenvalue weighted by Gasteiger charge is 2.22. The second-order valence-corrected chi connectivity index (χ2v) is 6.85. The summed E-state index contributed by atoms with van der Waals surface area (Å²) in [5.41, 5.74) is 4.63. The molecule has 0 aliphatic carbocycles. The van der Waals surface area contributed by atoms with Crippen molar-refractivity contribution in [2.75, 3.05) is 7.11 Å². The van der Waals surface area contributed by atoms with E-state index in [-0.39, 0.29) is 5.56 Å². The minimum Gasteiger partial charge on any atom is -0.496 e. The third-order valence-corrected chi connectivity index (χ3v) is 5.31. The summed E-state index contributed by atoms with van der Waals surface area (Å²) in [5.74, 6) is 1.70. The van der Waals surface area contributed by atoms with Crippen LogP contribution in [0, 0.1) is 13.8 Å². The average Bonchev–Trinajstić information content (AvgIpc) is 2.96. The minimum absolute atomic E-state index is 0.0182. The molecule has 2 aromatic heterocycles. The lowest BCUT2D eigenvalue weighted by Gasteiger charge is -2.16. The quantitative estimate of drug-likeness (QED) is 0.690. The van der Waals surface area contributed by atoms with Crippen LogP contribution in [0.4, 0.5) is 0 Å². The van der Waals surface area contributed by atoms with Crippen molar-refractivity contribution in [2.45, 2.75) is 46.5 Å². The van der Waals surface area contributed by atoms with Gasteiger partial charge in [0.05, 0.1) is 12.7 Å². The maximum absolute atomic E-state index is 13.3. The lowest BCUT2D eigenvalue weighted by Crippen LogP contribution is -2.24. The Hall–Kier alpha value is -2.56. The molecule has 0 aliphatic rings. The Morgan fingerprint density at radius 1 is 1.19 bits per heavy atom. The molecule has 0 aliphatic heterocycles. The summed E-state index contributed by atoms with van der Waals surface area (Å²) >= 11 is 0. The van der Waals surface area contributed by atoms with Gasteiger partial charge in [0.15, 0.2) is 5.82 Å². The molecule has 3 rings (SSSR count). The summed E-state index contributed by atoms with van der Waals surface area (Å²) in [6, 6.07) is 7.96. The fourth-order valence-corrected chi connectivity index (χ4v) is 3.77. The zero-order valence-corrected chi connectivity index (χ0v) is 16.5. The van der Waals surface area contributed by atoms with Crippen LogP contribution >= 0.6 is 0 Å². The van der Waals surface area contributed by atoms with E-state index in [0.717, 1.165) is 41.0 Å². The van der Waals surface area contributed by atoms with E-state index < -0.39 is 0 Å². The molecule has 0 fully saturated rings.